The minimum Gasteiger partial charge on any atom is -0.469 e. The van der Waals surface area contributed by atoms with Gasteiger partial charge in [-0.1, -0.05) is 6.07 Å². The largest absolute Gasteiger partial charge is 0.469 e. The number of rotatable bonds is 4. The molecule has 1 heterocycles. The van der Waals surface area contributed by atoms with Crippen LogP contribution in [0.2, 0.25) is 0 Å². The van der Waals surface area contributed by atoms with Gasteiger partial charge in [-0.05, 0) is 53.5 Å². The highest BCUT2D eigenvalue weighted by Gasteiger charge is 2.15. The zero-order valence-corrected chi connectivity index (χ0v) is 13.2. The molecule has 21 heavy (non-hydrogen) atoms. The number of benzene rings is 1. The highest BCUT2D eigenvalue weighted by atomic mass is 79.9. The number of furan rings is 1. The third-order valence-electron chi connectivity index (χ3n) is 2.81. The van der Waals surface area contributed by atoms with Crippen LogP contribution in [0.1, 0.15) is 21.7 Å². The Labute approximate surface area is 130 Å². The first-order valence-electron chi connectivity index (χ1n) is 6.24. The van der Waals surface area contributed by atoms with Crippen molar-refractivity contribution in [2.45, 2.75) is 13.8 Å². The quantitative estimate of drug-likeness (QED) is 0.856. The molecule has 0 bridgehead atoms. The number of hydrogen-bond acceptors (Lipinski definition) is 4. The van der Waals surface area contributed by atoms with E-state index in [1.807, 2.05) is 19.1 Å². The van der Waals surface area contributed by atoms with Crippen molar-refractivity contribution in [3.8, 4) is 0 Å². The highest BCUT2D eigenvalue weighted by molar-refractivity contribution is 9.10. The van der Waals surface area contributed by atoms with E-state index >= 15 is 0 Å². The van der Waals surface area contributed by atoms with E-state index in [0.717, 1.165) is 10.0 Å². The van der Waals surface area contributed by atoms with Crippen LogP contribution in [-0.2, 0) is 9.53 Å². The monoisotopic (exact) mass is 351 g/mol. The van der Waals surface area contributed by atoms with E-state index in [-0.39, 0.29) is 6.61 Å². The number of amides is 1. The molecular formula is C15H14BrNO4. The lowest BCUT2D eigenvalue weighted by Gasteiger charge is -2.08. The first kappa shape index (κ1) is 15.3. The molecule has 1 N–H and O–H groups in total. The van der Waals surface area contributed by atoms with Gasteiger partial charge in [0.05, 0.1) is 12.0 Å². The average Bonchev–Trinajstić information content (AvgIpc) is 2.85. The SMILES string of the molecule is Cc1ccc(NC(=O)COC(=O)c2ccoc2C)c(Br)c1. The molecule has 0 saturated heterocycles. The molecule has 110 valence electrons. The number of halogens is 1. The second-order valence-electron chi connectivity index (χ2n) is 4.50. The lowest BCUT2D eigenvalue weighted by atomic mass is 10.2. The molecule has 0 aliphatic heterocycles. The first-order valence-corrected chi connectivity index (χ1v) is 7.04. The normalized spacial score (nSPS) is 10.2. The van der Waals surface area contributed by atoms with Crippen LogP contribution < -0.4 is 5.32 Å². The molecule has 0 radical (unpaired) electrons. The highest BCUT2D eigenvalue weighted by Crippen LogP contribution is 2.23. The topological polar surface area (TPSA) is 68.5 Å². The Hall–Kier alpha value is -2.08. The van der Waals surface area contributed by atoms with Crippen LogP contribution in [0.25, 0.3) is 0 Å². The Kier molecular flexibility index (Phi) is 4.80. The summed E-state index contributed by atoms with van der Waals surface area (Å²) in [7, 11) is 0. The van der Waals surface area contributed by atoms with Crippen LogP contribution in [0, 0.1) is 13.8 Å². The van der Waals surface area contributed by atoms with Gasteiger partial charge in [-0.25, -0.2) is 4.79 Å². The fourth-order valence-corrected chi connectivity index (χ4v) is 2.31. The maximum Gasteiger partial charge on any atom is 0.342 e. The average molecular weight is 352 g/mol. The summed E-state index contributed by atoms with van der Waals surface area (Å²) in [6.07, 6.45) is 1.40. The standard InChI is InChI=1S/C15H14BrNO4/c1-9-3-4-13(12(16)7-9)17-14(18)8-21-15(19)11-5-6-20-10(11)2/h3-7H,8H2,1-2H3,(H,17,18). The van der Waals surface area contributed by atoms with Crippen molar-refractivity contribution in [2.24, 2.45) is 0 Å². The summed E-state index contributed by atoms with van der Waals surface area (Å²) in [5.41, 5.74) is 2.02. The molecule has 1 aromatic carbocycles. The van der Waals surface area contributed by atoms with Crippen LogP contribution in [-0.4, -0.2) is 18.5 Å². The zero-order valence-electron chi connectivity index (χ0n) is 11.6. The third kappa shape index (κ3) is 3.95. The molecule has 0 fully saturated rings. The van der Waals surface area contributed by atoms with Crippen molar-refractivity contribution in [3.63, 3.8) is 0 Å². The smallest absolute Gasteiger partial charge is 0.342 e. The number of esters is 1. The van der Waals surface area contributed by atoms with Gasteiger partial charge in [0.1, 0.15) is 11.3 Å². The Balaban J connectivity index is 1.90. The van der Waals surface area contributed by atoms with E-state index < -0.39 is 11.9 Å². The number of aryl methyl sites for hydroxylation is 2. The fourth-order valence-electron chi connectivity index (χ4n) is 1.71. The molecule has 0 aliphatic rings. The summed E-state index contributed by atoms with van der Waals surface area (Å²) < 4.78 is 10.7. The molecule has 0 atom stereocenters. The number of nitrogens with one attached hydrogen (secondary N) is 1. The lowest BCUT2D eigenvalue weighted by Crippen LogP contribution is -2.21. The Morgan fingerprint density at radius 3 is 2.67 bits per heavy atom. The summed E-state index contributed by atoms with van der Waals surface area (Å²) in [6, 6.07) is 7.04. The van der Waals surface area contributed by atoms with Crippen molar-refractivity contribution in [1.29, 1.82) is 0 Å². The second-order valence-corrected chi connectivity index (χ2v) is 5.35. The number of hydrogen-bond donors (Lipinski definition) is 1. The van der Waals surface area contributed by atoms with Gasteiger partial charge in [0, 0.05) is 4.47 Å². The Bertz CT molecular complexity index is 678. The number of carbonyl (C=O) groups excluding carboxylic acids is 2. The van der Waals surface area contributed by atoms with Crippen LogP contribution in [0.15, 0.2) is 39.4 Å². The second kappa shape index (κ2) is 6.58. The molecule has 2 aromatic rings. The van der Waals surface area contributed by atoms with Crippen LogP contribution in [0.4, 0.5) is 5.69 Å². The van der Waals surface area contributed by atoms with Gasteiger partial charge < -0.3 is 14.5 Å². The summed E-state index contributed by atoms with van der Waals surface area (Å²) in [5, 5.41) is 2.67. The molecule has 2 rings (SSSR count). The van der Waals surface area contributed by atoms with Gasteiger partial charge in [-0.2, -0.15) is 0 Å². The van der Waals surface area contributed by atoms with E-state index in [2.05, 4.69) is 21.2 Å². The van der Waals surface area contributed by atoms with Crippen molar-refractivity contribution in [3.05, 3.63) is 51.9 Å². The van der Waals surface area contributed by atoms with Crippen LogP contribution in [0.3, 0.4) is 0 Å². The van der Waals surface area contributed by atoms with Crippen LogP contribution >= 0.6 is 15.9 Å². The Morgan fingerprint density at radius 1 is 1.29 bits per heavy atom. The molecule has 0 aliphatic carbocycles. The molecule has 1 amide bonds. The minimum absolute atomic E-state index is 0.319. The maximum atomic E-state index is 11.8. The molecule has 0 spiro atoms. The van der Waals surface area contributed by atoms with E-state index in [1.165, 1.54) is 12.3 Å². The third-order valence-corrected chi connectivity index (χ3v) is 3.47. The number of anilines is 1. The molecule has 6 heteroatoms. The van der Waals surface area contributed by atoms with Crippen LogP contribution in [0.5, 0.6) is 0 Å². The van der Waals surface area contributed by atoms with Crippen molar-refractivity contribution < 1.29 is 18.7 Å². The zero-order chi connectivity index (χ0) is 15.4. The first-order chi connectivity index (χ1) is 9.97. The van der Waals surface area contributed by atoms with E-state index in [1.54, 1.807) is 13.0 Å². The van der Waals surface area contributed by atoms with E-state index in [4.69, 9.17) is 9.15 Å². The summed E-state index contributed by atoms with van der Waals surface area (Å²) in [4.78, 5) is 23.5. The van der Waals surface area contributed by atoms with Gasteiger partial charge in [0.2, 0.25) is 0 Å². The van der Waals surface area contributed by atoms with Gasteiger partial charge in [-0.15, -0.1) is 0 Å². The van der Waals surface area contributed by atoms with Gasteiger partial charge in [0.25, 0.3) is 5.91 Å². The summed E-state index contributed by atoms with van der Waals surface area (Å²) in [5.74, 6) is -0.532. The molecule has 0 saturated carbocycles. The van der Waals surface area contributed by atoms with E-state index in [9.17, 15) is 9.59 Å². The van der Waals surface area contributed by atoms with E-state index in [0.29, 0.717) is 17.0 Å². The molecular weight excluding hydrogens is 338 g/mol. The number of carbonyl (C=O) groups is 2. The lowest BCUT2D eigenvalue weighted by molar-refractivity contribution is -0.119. The van der Waals surface area contributed by atoms with Crippen molar-refractivity contribution in [2.75, 3.05) is 11.9 Å². The Morgan fingerprint density at radius 2 is 2.05 bits per heavy atom. The van der Waals surface area contributed by atoms with Crippen molar-refractivity contribution >= 4 is 33.5 Å². The van der Waals surface area contributed by atoms with Crippen molar-refractivity contribution in [1.82, 2.24) is 0 Å². The van der Waals surface area contributed by atoms with Gasteiger partial charge >= 0.3 is 5.97 Å². The maximum absolute atomic E-state index is 11.8. The van der Waals surface area contributed by atoms with Gasteiger partial charge in [0.15, 0.2) is 6.61 Å². The molecule has 1 aromatic heterocycles. The van der Waals surface area contributed by atoms with Gasteiger partial charge in [-0.3, -0.25) is 4.79 Å². The minimum atomic E-state index is -0.584. The predicted molar refractivity (Wildman–Crippen MR) is 81.2 cm³/mol. The summed E-state index contributed by atoms with van der Waals surface area (Å²) >= 11 is 3.36. The number of ether oxygens (including phenoxy) is 1. The summed E-state index contributed by atoms with van der Waals surface area (Å²) in [6.45, 7) is 3.25. The fraction of sp³-hybridized carbons (Fsp3) is 0.200. The predicted octanol–water partition coefficient (Wildman–Crippen LogP) is 3.45. The molecule has 5 nitrogen and oxygen atoms in total. The molecule has 0 unspecified atom stereocenters.